The van der Waals surface area contributed by atoms with Crippen molar-refractivity contribution in [3.63, 3.8) is 0 Å². The van der Waals surface area contributed by atoms with Crippen LogP contribution in [0, 0.1) is 5.92 Å². The van der Waals surface area contributed by atoms with E-state index in [1.807, 2.05) is 0 Å². The number of nitrogens with one attached hydrogen (secondary N) is 1. The van der Waals surface area contributed by atoms with Crippen LogP contribution in [0.3, 0.4) is 0 Å². The molecule has 0 saturated carbocycles. The van der Waals surface area contributed by atoms with Crippen LogP contribution in [0.5, 0.6) is 0 Å². The van der Waals surface area contributed by atoms with Crippen LogP contribution in [0.2, 0.25) is 0 Å². The van der Waals surface area contributed by atoms with Crippen LogP contribution in [0.1, 0.15) is 30.9 Å². The summed E-state index contributed by atoms with van der Waals surface area (Å²) < 4.78 is 0. The van der Waals surface area contributed by atoms with Gasteiger partial charge in [-0.05, 0) is 42.9 Å². The van der Waals surface area contributed by atoms with Gasteiger partial charge in [0.1, 0.15) is 0 Å². The predicted octanol–water partition coefficient (Wildman–Crippen LogP) is 2.70. The highest BCUT2D eigenvalue weighted by atomic mass is 16.4. The van der Waals surface area contributed by atoms with Gasteiger partial charge in [-0.3, -0.25) is 4.79 Å². The third kappa shape index (κ3) is 2.78. The third-order valence-corrected chi connectivity index (χ3v) is 3.42. The highest BCUT2D eigenvalue weighted by Gasteiger charge is 2.14. The van der Waals surface area contributed by atoms with Gasteiger partial charge in [0.2, 0.25) is 0 Å². The number of aliphatic carboxylic acids is 1. The number of hydrogen-bond donors (Lipinski definition) is 2. The minimum atomic E-state index is -0.748. The number of carboxylic acid groups (broad SMARTS) is 1. The standard InChI is InChI=1S/C14H19NO2/c1-10(14(16)17)9-15-13-8-4-6-11-5-2-3-7-12(11)13/h4,6,8,10,15H,2-3,5,7,9H2,1H3,(H,16,17). The summed E-state index contributed by atoms with van der Waals surface area (Å²) in [6, 6.07) is 6.29. The number of rotatable bonds is 4. The first-order chi connectivity index (χ1) is 8.18. The Hall–Kier alpha value is -1.51. The molecular formula is C14H19NO2. The van der Waals surface area contributed by atoms with Gasteiger partial charge in [-0.25, -0.2) is 0 Å². The molecule has 0 saturated heterocycles. The lowest BCUT2D eigenvalue weighted by Gasteiger charge is -2.20. The largest absolute Gasteiger partial charge is 0.481 e. The quantitative estimate of drug-likeness (QED) is 0.840. The van der Waals surface area contributed by atoms with Gasteiger partial charge in [-0.15, -0.1) is 0 Å². The van der Waals surface area contributed by atoms with E-state index in [1.165, 1.54) is 24.0 Å². The van der Waals surface area contributed by atoms with Crippen LogP contribution < -0.4 is 5.32 Å². The summed E-state index contributed by atoms with van der Waals surface area (Å²) >= 11 is 0. The van der Waals surface area contributed by atoms with E-state index in [1.54, 1.807) is 6.92 Å². The van der Waals surface area contributed by atoms with Gasteiger partial charge < -0.3 is 10.4 Å². The lowest BCUT2D eigenvalue weighted by atomic mass is 9.90. The lowest BCUT2D eigenvalue weighted by molar-refractivity contribution is -0.140. The van der Waals surface area contributed by atoms with Gasteiger partial charge in [-0.1, -0.05) is 19.1 Å². The number of aryl methyl sites for hydroxylation is 1. The fourth-order valence-corrected chi connectivity index (χ4v) is 2.30. The zero-order chi connectivity index (χ0) is 12.3. The normalized spacial score (nSPS) is 16.1. The van der Waals surface area contributed by atoms with Gasteiger partial charge in [0, 0.05) is 12.2 Å². The summed E-state index contributed by atoms with van der Waals surface area (Å²) in [5, 5.41) is 12.1. The molecule has 1 aliphatic carbocycles. The van der Waals surface area contributed by atoms with Crippen LogP contribution in [-0.2, 0) is 17.6 Å². The molecule has 3 nitrogen and oxygen atoms in total. The monoisotopic (exact) mass is 233 g/mol. The highest BCUT2D eigenvalue weighted by molar-refractivity contribution is 5.70. The molecule has 2 rings (SSSR count). The molecule has 1 aromatic rings. The van der Waals surface area contributed by atoms with E-state index >= 15 is 0 Å². The van der Waals surface area contributed by atoms with Crippen molar-refractivity contribution in [2.45, 2.75) is 32.6 Å². The SMILES string of the molecule is CC(CNc1cccc2c1CCCC2)C(=O)O. The molecule has 0 bridgehead atoms. The summed E-state index contributed by atoms with van der Waals surface area (Å²) in [6.45, 7) is 2.22. The summed E-state index contributed by atoms with van der Waals surface area (Å²) in [5.74, 6) is -1.10. The number of anilines is 1. The smallest absolute Gasteiger partial charge is 0.308 e. The fraction of sp³-hybridized carbons (Fsp3) is 0.500. The molecular weight excluding hydrogens is 214 g/mol. The van der Waals surface area contributed by atoms with Crippen molar-refractivity contribution in [3.05, 3.63) is 29.3 Å². The zero-order valence-electron chi connectivity index (χ0n) is 10.2. The average Bonchev–Trinajstić information content (AvgIpc) is 2.35. The Kier molecular flexibility index (Phi) is 3.67. The van der Waals surface area contributed by atoms with Crippen LogP contribution in [0.15, 0.2) is 18.2 Å². The second-order valence-electron chi connectivity index (χ2n) is 4.77. The first kappa shape index (κ1) is 12.0. The fourth-order valence-electron chi connectivity index (χ4n) is 2.30. The second kappa shape index (κ2) is 5.21. The lowest BCUT2D eigenvalue weighted by Crippen LogP contribution is -2.20. The van der Waals surface area contributed by atoms with Crippen molar-refractivity contribution < 1.29 is 9.90 Å². The Morgan fingerprint density at radius 3 is 2.94 bits per heavy atom. The summed E-state index contributed by atoms with van der Waals surface area (Å²) in [6.07, 6.45) is 4.77. The molecule has 92 valence electrons. The molecule has 0 aromatic heterocycles. The van der Waals surface area contributed by atoms with E-state index in [0.29, 0.717) is 6.54 Å². The molecule has 0 heterocycles. The van der Waals surface area contributed by atoms with Gasteiger partial charge in [0.05, 0.1) is 5.92 Å². The van der Waals surface area contributed by atoms with Crippen molar-refractivity contribution in [1.82, 2.24) is 0 Å². The average molecular weight is 233 g/mol. The number of fused-ring (bicyclic) bond motifs is 1. The minimum absolute atomic E-state index is 0.352. The van der Waals surface area contributed by atoms with Gasteiger partial charge in [-0.2, -0.15) is 0 Å². The third-order valence-electron chi connectivity index (χ3n) is 3.42. The van der Waals surface area contributed by atoms with Crippen molar-refractivity contribution >= 4 is 11.7 Å². The van der Waals surface area contributed by atoms with Crippen molar-refractivity contribution in [3.8, 4) is 0 Å². The zero-order valence-corrected chi connectivity index (χ0v) is 10.2. The molecule has 0 aliphatic heterocycles. The number of carboxylic acids is 1. The number of carbonyl (C=O) groups is 1. The molecule has 0 spiro atoms. The Labute approximate surface area is 102 Å². The highest BCUT2D eigenvalue weighted by Crippen LogP contribution is 2.27. The first-order valence-electron chi connectivity index (χ1n) is 6.26. The van der Waals surface area contributed by atoms with Gasteiger partial charge >= 0.3 is 5.97 Å². The second-order valence-corrected chi connectivity index (χ2v) is 4.77. The molecule has 2 N–H and O–H groups in total. The summed E-state index contributed by atoms with van der Waals surface area (Å²) in [7, 11) is 0. The molecule has 1 unspecified atom stereocenters. The van der Waals surface area contributed by atoms with Crippen LogP contribution in [0.4, 0.5) is 5.69 Å². The van der Waals surface area contributed by atoms with Crippen molar-refractivity contribution in [1.29, 1.82) is 0 Å². The molecule has 17 heavy (non-hydrogen) atoms. The van der Waals surface area contributed by atoms with Crippen LogP contribution >= 0.6 is 0 Å². The molecule has 1 aliphatic rings. The van der Waals surface area contributed by atoms with Crippen molar-refractivity contribution in [2.75, 3.05) is 11.9 Å². The van der Waals surface area contributed by atoms with E-state index in [0.717, 1.165) is 18.5 Å². The molecule has 3 heteroatoms. The molecule has 0 radical (unpaired) electrons. The van der Waals surface area contributed by atoms with E-state index in [9.17, 15) is 4.79 Å². The molecule has 0 fully saturated rings. The van der Waals surface area contributed by atoms with Crippen LogP contribution in [0.25, 0.3) is 0 Å². The van der Waals surface area contributed by atoms with Gasteiger partial charge in [0.15, 0.2) is 0 Å². The summed E-state index contributed by atoms with van der Waals surface area (Å²) in [4.78, 5) is 10.8. The Balaban J connectivity index is 2.08. The molecule has 0 amide bonds. The van der Waals surface area contributed by atoms with Crippen molar-refractivity contribution in [2.24, 2.45) is 5.92 Å². The predicted molar refractivity (Wildman–Crippen MR) is 68.4 cm³/mol. The number of benzene rings is 1. The topological polar surface area (TPSA) is 49.3 Å². The maximum atomic E-state index is 10.8. The van der Waals surface area contributed by atoms with Crippen LogP contribution in [-0.4, -0.2) is 17.6 Å². The molecule has 1 atom stereocenters. The van der Waals surface area contributed by atoms with E-state index in [2.05, 4.69) is 23.5 Å². The summed E-state index contributed by atoms with van der Waals surface area (Å²) in [5.41, 5.74) is 3.93. The van der Waals surface area contributed by atoms with E-state index in [-0.39, 0.29) is 5.92 Å². The molecule has 1 aromatic carbocycles. The maximum absolute atomic E-state index is 10.8. The minimum Gasteiger partial charge on any atom is -0.481 e. The first-order valence-corrected chi connectivity index (χ1v) is 6.26. The maximum Gasteiger partial charge on any atom is 0.308 e. The van der Waals surface area contributed by atoms with E-state index < -0.39 is 5.97 Å². The number of hydrogen-bond acceptors (Lipinski definition) is 2. The van der Waals surface area contributed by atoms with Gasteiger partial charge in [0.25, 0.3) is 0 Å². The Morgan fingerprint density at radius 1 is 1.41 bits per heavy atom. The Bertz CT molecular complexity index is 415. The Morgan fingerprint density at radius 2 is 2.18 bits per heavy atom. The van der Waals surface area contributed by atoms with E-state index in [4.69, 9.17) is 5.11 Å².